The van der Waals surface area contributed by atoms with Gasteiger partial charge in [0.05, 0.1) is 11.7 Å². The second-order valence-corrected chi connectivity index (χ2v) is 6.30. The Morgan fingerprint density at radius 1 is 1.32 bits per heavy atom. The molecule has 7 heteroatoms. The molecule has 4 rings (SSSR count). The number of piperidine rings is 1. The van der Waals surface area contributed by atoms with Crippen molar-refractivity contribution in [1.29, 1.82) is 0 Å². The average molecular weight is 338 g/mol. The molecule has 0 radical (unpaired) electrons. The predicted molar refractivity (Wildman–Crippen MR) is 90.9 cm³/mol. The number of carbonyl (C=O) groups is 1. The molecule has 1 aliphatic heterocycles. The zero-order valence-electron chi connectivity index (χ0n) is 13.8. The van der Waals surface area contributed by atoms with Gasteiger partial charge in [-0.3, -0.25) is 9.78 Å². The summed E-state index contributed by atoms with van der Waals surface area (Å²) in [6.45, 7) is 3.02. The summed E-state index contributed by atoms with van der Waals surface area (Å²) in [6, 6.07) is 7.29. The molecular weight excluding hydrogens is 320 g/mol. The lowest BCUT2D eigenvalue weighted by Gasteiger charge is -2.29. The first-order chi connectivity index (χ1) is 12.1. The van der Waals surface area contributed by atoms with E-state index in [4.69, 9.17) is 4.52 Å². The molecular formula is C18H18N4O3. The van der Waals surface area contributed by atoms with Crippen molar-refractivity contribution in [1.82, 2.24) is 20.0 Å². The average Bonchev–Trinajstić information content (AvgIpc) is 3.11. The van der Waals surface area contributed by atoms with Gasteiger partial charge in [-0.05, 0) is 25.0 Å². The number of hydrogen-bond donors (Lipinski definition) is 1. The molecule has 0 saturated carbocycles. The van der Waals surface area contributed by atoms with Crippen LogP contribution in [0.2, 0.25) is 0 Å². The van der Waals surface area contributed by atoms with Gasteiger partial charge in [0, 0.05) is 36.9 Å². The summed E-state index contributed by atoms with van der Waals surface area (Å²) in [5.74, 6) is 1.46. The molecule has 1 N–H and O–H groups in total. The Morgan fingerprint density at radius 2 is 2.12 bits per heavy atom. The Hall–Kier alpha value is -2.96. The Morgan fingerprint density at radius 3 is 2.88 bits per heavy atom. The summed E-state index contributed by atoms with van der Waals surface area (Å²) in [4.78, 5) is 22.0. The minimum absolute atomic E-state index is 0.0975. The maximum atomic E-state index is 11.4. The number of pyridine rings is 1. The number of amides is 1. The second-order valence-electron chi connectivity index (χ2n) is 6.30. The van der Waals surface area contributed by atoms with E-state index in [-0.39, 0.29) is 17.6 Å². The normalized spacial score (nSPS) is 15.6. The number of aromatic hydroxyl groups is 1. The molecule has 1 fully saturated rings. The monoisotopic (exact) mass is 338 g/mol. The molecule has 3 heterocycles. The van der Waals surface area contributed by atoms with Crippen molar-refractivity contribution in [3.63, 3.8) is 0 Å². The molecule has 0 unspecified atom stereocenters. The van der Waals surface area contributed by atoms with E-state index in [2.05, 4.69) is 15.1 Å². The maximum absolute atomic E-state index is 11.4. The standard InChI is InChI=1S/C18H18N4O3/c1-11(23)22-7-5-12(6-8-22)18-20-17(21-25-18)14-3-2-4-16-15(14)9-13(24)10-19-16/h2-4,9-10,12,24H,5-8H2,1H3. The third kappa shape index (κ3) is 2.93. The third-order valence-electron chi connectivity index (χ3n) is 4.68. The lowest BCUT2D eigenvalue weighted by Crippen LogP contribution is -2.36. The minimum Gasteiger partial charge on any atom is -0.506 e. The van der Waals surface area contributed by atoms with E-state index in [1.54, 1.807) is 13.0 Å². The van der Waals surface area contributed by atoms with Crippen LogP contribution in [0.15, 0.2) is 35.0 Å². The van der Waals surface area contributed by atoms with Gasteiger partial charge in [0.1, 0.15) is 5.75 Å². The first-order valence-electron chi connectivity index (χ1n) is 8.29. The molecule has 1 aromatic carbocycles. The van der Waals surface area contributed by atoms with Crippen molar-refractivity contribution >= 4 is 16.8 Å². The van der Waals surface area contributed by atoms with Crippen LogP contribution in [0.1, 0.15) is 31.6 Å². The Kier molecular flexibility index (Phi) is 3.83. The summed E-state index contributed by atoms with van der Waals surface area (Å²) in [6.07, 6.45) is 3.05. The van der Waals surface area contributed by atoms with Gasteiger partial charge >= 0.3 is 0 Å². The summed E-state index contributed by atoms with van der Waals surface area (Å²) < 4.78 is 5.49. The van der Waals surface area contributed by atoms with Gasteiger partial charge in [-0.15, -0.1) is 0 Å². The van der Waals surface area contributed by atoms with E-state index in [0.29, 0.717) is 24.8 Å². The number of rotatable bonds is 2. The number of likely N-dealkylation sites (tertiary alicyclic amines) is 1. The zero-order valence-corrected chi connectivity index (χ0v) is 13.8. The van der Waals surface area contributed by atoms with Crippen molar-refractivity contribution in [2.75, 3.05) is 13.1 Å². The Labute approximate surface area is 144 Å². The van der Waals surface area contributed by atoms with Crippen LogP contribution in [-0.2, 0) is 4.79 Å². The Balaban J connectivity index is 1.62. The molecule has 7 nitrogen and oxygen atoms in total. The van der Waals surface area contributed by atoms with Gasteiger partial charge in [-0.2, -0.15) is 4.98 Å². The van der Waals surface area contributed by atoms with Crippen molar-refractivity contribution in [2.45, 2.75) is 25.7 Å². The van der Waals surface area contributed by atoms with E-state index >= 15 is 0 Å². The highest BCUT2D eigenvalue weighted by Gasteiger charge is 2.26. The Bertz CT molecular complexity index is 929. The molecule has 128 valence electrons. The van der Waals surface area contributed by atoms with Crippen molar-refractivity contribution in [3.05, 3.63) is 36.4 Å². The predicted octanol–water partition coefficient (Wildman–Crippen LogP) is 2.72. The number of fused-ring (bicyclic) bond motifs is 1. The summed E-state index contributed by atoms with van der Waals surface area (Å²) in [5, 5.41) is 14.6. The van der Waals surface area contributed by atoms with Crippen LogP contribution in [0.4, 0.5) is 0 Å². The zero-order chi connectivity index (χ0) is 17.4. The van der Waals surface area contributed by atoms with Gasteiger partial charge < -0.3 is 14.5 Å². The number of carbonyl (C=O) groups excluding carboxylic acids is 1. The lowest BCUT2D eigenvalue weighted by atomic mass is 9.97. The molecule has 0 aliphatic carbocycles. The van der Waals surface area contributed by atoms with Crippen molar-refractivity contribution < 1.29 is 14.4 Å². The summed E-state index contributed by atoms with van der Waals surface area (Å²) >= 11 is 0. The van der Waals surface area contributed by atoms with Gasteiger partial charge in [0.25, 0.3) is 0 Å². The molecule has 2 aromatic heterocycles. The topological polar surface area (TPSA) is 92.4 Å². The first kappa shape index (κ1) is 15.6. The quantitative estimate of drug-likeness (QED) is 0.772. The fraction of sp³-hybridized carbons (Fsp3) is 0.333. The summed E-state index contributed by atoms with van der Waals surface area (Å²) in [5.41, 5.74) is 1.54. The SMILES string of the molecule is CC(=O)N1CCC(c2nc(-c3cccc4ncc(O)cc34)no2)CC1. The van der Waals surface area contributed by atoms with E-state index in [0.717, 1.165) is 29.3 Å². The van der Waals surface area contributed by atoms with Gasteiger partial charge in [-0.1, -0.05) is 17.3 Å². The maximum Gasteiger partial charge on any atom is 0.230 e. The van der Waals surface area contributed by atoms with Crippen LogP contribution < -0.4 is 0 Å². The van der Waals surface area contributed by atoms with Crippen LogP contribution in [0.5, 0.6) is 5.75 Å². The van der Waals surface area contributed by atoms with Crippen molar-refractivity contribution in [3.8, 4) is 17.1 Å². The van der Waals surface area contributed by atoms with Gasteiger partial charge in [-0.25, -0.2) is 0 Å². The number of benzene rings is 1. The van der Waals surface area contributed by atoms with Crippen molar-refractivity contribution in [2.24, 2.45) is 0 Å². The highest BCUT2D eigenvalue weighted by molar-refractivity contribution is 5.93. The molecule has 0 atom stereocenters. The molecule has 3 aromatic rings. The van der Waals surface area contributed by atoms with E-state index < -0.39 is 0 Å². The molecule has 25 heavy (non-hydrogen) atoms. The van der Waals surface area contributed by atoms with Crippen LogP contribution in [0.25, 0.3) is 22.3 Å². The van der Waals surface area contributed by atoms with Crippen LogP contribution in [0, 0.1) is 0 Å². The van der Waals surface area contributed by atoms with Gasteiger partial charge in [0.15, 0.2) is 0 Å². The van der Waals surface area contributed by atoms with E-state index in [9.17, 15) is 9.90 Å². The third-order valence-corrected chi connectivity index (χ3v) is 4.68. The molecule has 1 saturated heterocycles. The molecule has 1 aliphatic rings. The highest BCUT2D eigenvalue weighted by atomic mass is 16.5. The first-order valence-corrected chi connectivity index (χ1v) is 8.29. The lowest BCUT2D eigenvalue weighted by molar-refractivity contribution is -0.129. The second kappa shape index (κ2) is 6.16. The number of aromatic nitrogens is 3. The summed E-state index contributed by atoms with van der Waals surface area (Å²) in [7, 11) is 0. The smallest absolute Gasteiger partial charge is 0.230 e. The number of nitrogens with zero attached hydrogens (tertiary/aromatic N) is 4. The number of hydrogen-bond acceptors (Lipinski definition) is 6. The fourth-order valence-electron chi connectivity index (χ4n) is 3.28. The van der Waals surface area contributed by atoms with Gasteiger partial charge in [0.2, 0.25) is 17.6 Å². The van der Waals surface area contributed by atoms with E-state index in [1.165, 1.54) is 6.20 Å². The minimum atomic E-state index is 0.0975. The highest BCUT2D eigenvalue weighted by Crippen LogP contribution is 2.31. The molecule has 0 spiro atoms. The molecule has 0 bridgehead atoms. The van der Waals surface area contributed by atoms with E-state index in [1.807, 2.05) is 23.1 Å². The molecule has 1 amide bonds. The van der Waals surface area contributed by atoms with Crippen LogP contribution >= 0.6 is 0 Å². The van der Waals surface area contributed by atoms with Crippen LogP contribution in [-0.4, -0.2) is 44.1 Å². The largest absolute Gasteiger partial charge is 0.506 e. The van der Waals surface area contributed by atoms with Crippen LogP contribution in [0.3, 0.4) is 0 Å². The fourth-order valence-corrected chi connectivity index (χ4v) is 3.28.